The minimum atomic E-state index is -1.38. The monoisotopic (exact) mass is 294 g/mol. The molecule has 5 atom stereocenters. The zero-order valence-electron chi connectivity index (χ0n) is 11.3. The van der Waals surface area contributed by atoms with Crippen molar-refractivity contribution in [2.75, 3.05) is 19.8 Å². The molecule has 1 rings (SSSR count). The summed E-state index contributed by atoms with van der Waals surface area (Å²) in [5.74, 6) is -0.475. The third-order valence-corrected chi connectivity index (χ3v) is 2.79. The Kier molecular flexibility index (Phi) is 7.30. The van der Waals surface area contributed by atoms with Crippen LogP contribution in [0.15, 0.2) is 0 Å². The maximum absolute atomic E-state index is 10.8. The van der Waals surface area contributed by atoms with E-state index in [9.17, 15) is 15.0 Å². The van der Waals surface area contributed by atoms with Gasteiger partial charge in [0, 0.05) is 6.92 Å². The normalized spacial score (nSPS) is 34.0. The molecule has 0 spiro atoms. The van der Waals surface area contributed by atoms with Crippen molar-refractivity contribution in [1.82, 2.24) is 5.48 Å². The summed E-state index contributed by atoms with van der Waals surface area (Å²) in [6, 6.07) is 0. The van der Waals surface area contributed by atoms with Crippen LogP contribution in [0.3, 0.4) is 0 Å². The minimum absolute atomic E-state index is 0.252. The number of amides is 1. The van der Waals surface area contributed by atoms with Crippen LogP contribution in [0.2, 0.25) is 0 Å². The third-order valence-electron chi connectivity index (χ3n) is 2.79. The molecule has 0 aliphatic carbocycles. The Balaban J connectivity index is 2.68. The summed E-state index contributed by atoms with van der Waals surface area (Å²) in [5, 5.41) is 28.8. The summed E-state index contributed by atoms with van der Waals surface area (Å²) in [6.45, 7) is 1.41. The lowest BCUT2D eigenvalue weighted by Gasteiger charge is -2.41. The molecule has 118 valence electrons. The van der Waals surface area contributed by atoms with Crippen LogP contribution >= 0.6 is 0 Å². The number of nitrogens with one attached hydrogen (secondary N) is 1. The summed E-state index contributed by atoms with van der Waals surface area (Å²) in [6.07, 6.45) is -5.32. The second kappa shape index (κ2) is 8.47. The largest absolute Gasteiger partial charge is 0.394 e. The van der Waals surface area contributed by atoms with Crippen molar-refractivity contribution in [1.29, 1.82) is 0 Å². The van der Waals surface area contributed by atoms with Gasteiger partial charge in [-0.15, -0.1) is 0 Å². The molecule has 1 amide bonds. The highest BCUT2D eigenvalue weighted by atomic mass is 16.7. The predicted molar refractivity (Wildman–Crippen MR) is 66.1 cm³/mol. The summed E-state index contributed by atoms with van der Waals surface area (Å²) in [5.41, 5.74) is 7.40. The van der Waals surface area contributed by atoms with Gasteiger partial charge in [-0.2, -0.15) is 0 Å². The van der Waals surface area contributed by atoms with E-state index in [-0.39, 0.29) is 6.61 Å². The molecule has 0 aromatic heterocycles. The first-order chi connectivity index (χ1) is 9.51. The van der Waals surface area contributed by atoms with Gasteiger partial charge in [0.15, 0.2) is 12.4 Å². The van der Waals surface area contributed by atoms with E-state index in [2.05, 4.69) is 5.48 Å². The molecule has 1 heterocycles. The van der Waals surface area contributed by atoms with Gasteiger partial charge in [-0.3, -0.25) is 9.63 Å². The number of hydrogen-bond donors (Lipinski definition) is 5. The van der Waals surface area contributed by atoms with Crippen LogP contribution in [0.5, 0.6) is 0 Å². The molecule has 0 saturated carbocycles. The standard InChI is InChI=1S/C11H22N2O7/c1-6(15)13-20-10-9(17)8(16)7(5-14)19-11(10)18-4-2-3-12/h7-11,14,16-17H,2-5,12H2,1H3,(H,13,15)/t7-,8+,9+,10-,11+/m1/s1. The Morgan fingerprint density at radius 2 is 2.10 bits per heavy atom. The second-order valence-electron chi connectivity index (χ2n) is 4.46. The Morgan fingerprint density at radius 3 is 2.65 bits per heavy atom. The van der Waals surface area contributed by atoms with Crippen molar-refractivity contribution in [2.45, 2.75) is 44.1 Å². The first kappa shape index (κ1) is 17.2. The van der Waals surface area contributed by atoms with E-state index >= 15 is 0 Å². The summed E-state index contributed by atoms with van der Waals surface area (Å²) in [4.78, 5) is 15.8. The lowest BCUT2D eigenvalue weighted by atomic mass is 9.99. The Morgan fingerprint density at radius 1 is 1.40 bits per heavy atom. The van der Waals surface area contributed by atoms with E-state index in [0.717, 1.165) is 0 Å². The first-order valence-electron chi connectivity index (χ1n) is 6.37. The zero-order chi connectivity index (χ0) is 15.1. The maximum Gasteiger partial charge on any atom is 0.240 e. The summed E-state index contributed by atoms with van der Waals surface area (Å²) >= 11 is 0. The SMILES string of the molecule is CC(=O)NO[C@H]1[C@@H](OCCCN)O[C@H](CO)[C@H](O)[C@@H]1O. The highest BCUT2D eigenvalue weighted by molar-refractivity contribution is 5.71. The number of hydrogen-bond acceptors (Lipinski definition) is 8. The first-order valence-corrected chi connectivity index (χ1v) is 6.37. The van der Waals surface area contributed by atoms with Crippen LogP contribution in [0, 0.1) is 0 Å². The molecule has 0 aromatic rings. The number of carbonyl (C=O) groups excluding carboxylic acids is 1. The van der Waals surface area contributed by atoms with Crippen molar-refractivity contribution in [2.24, 2.45) is 5.73 Å². The van der Waals surface area contributed by atoms with E-state index in [1.54, 1.807) is 0 Å². The molecule has 9 heteroatoms. The van der Waals surface area contributed by atoms with Gasteiger partial charge in [0.2, 0.25) is 5.91 Å². The van der Waals surface area contributed by atoms with Gasteiger partial charge in [-0.25, -0.2) is 5.48 Å². The molecule has 0 aromatic carbocycles. The number of aliphatic hydroxyl groups is 3. The van der Waals surface area contributed by atoms with E-state index < -0.39 is 43.2 Å². The molecule has 6 N–H and O–H groups in total. The fraction of sp³-hybridized carbons (Fsp3) is 0.909. The lowest BCUT2D eigenvalue weighted by molar-refractivity contribution is -0.317. The van der Waals surface area contributed by atoms with Gasteiger partial charge in [-0.1, -0.05) is 0 Å². The van der Waals surface area contributed by atoms with E-state index in [4.69, 9.17) is 25.2 Å². The fourth-order valence-corrected chi connectivity index (χ4v) is 1.75. The van der Waals surface area contributed by atoms with Crippen molar-refractivity contribution >= 4 is 5.91 Å². The van der Waals surface area contributed by atoms with Crippen molar-refractivity contribution in [3.8, 4) is 0 Å². The summed E-state index contributed by atoms with van der Waals surface area (Å²) < 4.78 is 10.7. The molecule has 9 nitrogen and oxygen atoms in total. The quantitative estimate of drug-likeness (QED) is 0.251. The number of carbonyl (C=O) groups is 1. The Hall–Kier alpha value is -0.810. The van der Waals surface area contributed by atoms with E-state index in [1.807, 2.05) is 0 Å². The van der Waals surface area contributed by atoms with Gasteiger partial charge in [0.1, 0.15) is 18.3 Å². The van der Waals surface area contributed by atoms with Crippen molar-refractivity contribution in [3.63, 3.8) is 0 Å². The lowest BCUT2D eigenvalue weighted by Crippen LogP contribution is -2.61. The topological polar surface area (TPSA) is 144 Å². The molecule has 1 fully saturated rings. The van der Waals surface area contributed by atoms with Crippen LogP contribution in [-0.4, -0.2) is 71.7 Å². The van der Waals surface area contributed by atoms with Gasteiger partial charge < -0.3 is 30.5 Å². The van der Waals surface area contributed by atoms with Crippen LogP contribution in [0.1, 0.15) is 13.3 Å². The Labute approximate surface area is 116 Å². The van der Waals surface area contributed by atoms with Gasteiger partial charge in [0.05, 0.1) is 13.2 Å². The Bertz CT molecular complexity index is 304. The summed E-state index contributed by atoms with van der Waals surface area (Å²) in [7, 11) is 0. The molecular weight excluding hydrogens is 272 g/mol. The molecule has 0 bridgehead atoms. The second-order valence-corrected chi connectivity index (χ2v) is 4.46. The predicted octanol–water partition coefficient (Wildman–Crippen LogP) is -2.77. The molecule has 1 aliphatic heterocycles. The minimum Gasteiger partial charge on any atom is -0.394 e. The number of nitrogens with two attached hydrogens (primary N) is 1. The number of hydroxylamine groups is 1. The van der Waals surface area contributed by atoms with E-state index in [1.165, 1.54) is 6.92 Å². The van der Waals surface area contributed by atoms with Crippen LogP contribution in [0.25, 0.3) is 0 Å². The van der Waals surface area contributed by atoms with Crippen molar-refractivity contribution in [3.05, 3.63) is 0 Å². The highest BCUT2D eigenvalue weighted by Crippen LogP contribution is 2.24. The van der Waals surface area contributed by atoms with Gasteiger partial charge in [-0.05, 0) is 13.0 Å². The maximum atomic E-state index is 10.8. The number of aliphatic hydroxyl groups excluding tert-OH is 3. The average molecular weight is 294 g/mol. The highest BCUT2D eigenvalue weighted by Gasteiger charge is 2.46. The molecular formula is C11H22N2O7. The van der Waals surface area contributed by atoms with Crippen molar-refractivity contribution < 1.29 is 34.4 Å². The smallest absolute Gasteiger partial charge is 0.240 e. The molecule has 0 radical (unpaired) electrons. The molecule has 20 heavy (non-hydrogen) atoms. The third kappa shape index (κ3) is 4.63. The molecule has 0 unspecified atom stereocenters. The van der Waals surface area contributed by atoms with Gasteiger partial charge >= 0.3 is 0 Å². The molecule has 1 saturated heterocycles. The van der Waals surface area contributed by atoms with Crippen LogP contribution in [-0.2, 0) is 19.1 Å². The zero-order valence-corrected chi connectivity index (χ0v) is 11.3. The average Bonchev–Trinajstić information content (AvgIpc) is 2.41. The van der Waals surface area contributed by atoms with E-state index in [0.29, 0.717) is 13.0 Å². The van der Waals surface area contributed by atoms with Crippen LogP contribution < -0.4 is 11.2 Å². The number of rotatable bonds is 7. The molecule has 1 aliphatic rings. The number of ether oxygens (including phenoxy) is 2. The van der Waals surface area contributed by atoms with Crippen LogP contribution in [0.4, 0.5) is 0 Å². The fourth-order valence-electron chi connectivity index (χ4n) is 1.75. The van der Waals surface area contributed by atoms with Gasteiger partial charge in [0.25, 0.3) is 0 Å².